The van der Waals surface area contributed by atoms with Crippen molar-refractivity contribution in [3.63, 3.8) is 0 Å². The first kappa shape index (κ1) is 13.8. The molecule has 0 aliphatic carbocycles. The van der Waals surface area contributed by atoms with Gasteiger partial charge >= 0.3 is 0 Å². The zero-order valence-electron chi connectivity index (χ0n) is 10.4. The first-order chi connectivity index (χ1) is 7.87. The molecule has 1 N–H and O–H groups in total. The monoisotopic (exact) mass is 259 g/mol. The lowest BCUT2D eigenvalue weighted by Crippen LogP contribution is -2.21. The lowest BCUT2D eigenvalue weighted by Gasteiger charge is -2.13. The van der Waals surface area contributed by atoms with Crippen LogP contribution in [0.25, 0.3) is 0 Å². The average Bonchev–Trinajstić information content (AvgIpc) is 2.25. The summed E-state index contributed by atoms with van der Waals surface area (Å²) in [5.74, 6) is 1.34. The third kappa shape index (κ3) is 3.90. The molecule has 0 aliphatic rings. The maximum Gasteiger partial charge on any atom is 0.209 e. The highest BCUT2D eigenvalue weighted by molar-refractivity contribution is 7.88. The van der Waals surface area contributed by atoms with E-state index < -0.39 is 10.0 Å². The first-order valence-electron chi connectivity index (χ1n) is 5.03. The van der Waals surface area contributed by atoms with Gasteiger partial charge in [0, 0.05) is 12.1 Å². The summed E-state index contributed by atoms with van der Waals surface area (Å²) < 4.78 is 34.9. The number of ether oxygens (including phenoxy) is 2. The van der Waals surface area contributed by atoms with Crippen LogP contribution in [0.4, 0.5) is 0 Å². The molecule has 0 saturated carbocycles. The fraction of sp³-hybridized carbons (Fsp3) is 0.455. The van der Waals surface area contributed by atoms with E-state index in [1.165, 1.54) is 0 Å². The second-order valence-electron chi connectivity index (χ2n) is 3.73. The van der Waals surface area contributed by atoms with E-state index in [9.17, 15) is 8.42 Å². The molecular weight excluding hydrogens is 242 g/mol. The van der Waals surface area contributed by atoms with Gasteiger partial charge in [0.2, 0.25) is 10.0 Å². The Labute approximate surface area is 102 Å². The Hall–Kier alpha value is -1.27. The number of methoxy groups -OCH3 is 2. The first-order valence-corrected chi connectivity index (χ1v) is 6.92. The number of nitrogens with one attached hydrogen (secondary N) is 1. The van der Waals surface area contributed by atoms with Crippen LogP contribution in [0.15, 0.2) is 12.1 Å². The number of hydrogen-bond acceptors (Lipinski definition) is 4. The summed E-state index contributed by atoms with van der Waals surface area (Å²) >= 11 is 0. The second-order valence-corrected chi connectivity index (χ2v) is 5.56. The molecule has 17 heavy (non-hydrogen) atoms. The second kappa shape index (κ2) is 5.37. The third-order valence-corrected chi connectivity index (χ3v) is 2.99. The molecular formula is C11H17NO4S. The van der Waals surface area contributed by atoms with Crippen LogP contribution in [-0.4, -0.2) is 28.9 Å². The molecule has 0 radical (unpaired) electrons. The normalized spacial score (nSPS) is 11.3. The minimum atomic E-state index is -3.22. The smallest absolute Gasteiger partial charge is 0.209 e. The molecule has 0 saturated heterocycles. The molecule has 0 bridgehead atoms. The van der Waals surface area contributed by atoms with Crippen LogP contribution in [0.3, 0.4) is 0 Å². The molecule has 0 amide bonds. The predicted octanol–water partition coefficient (Wildman–Crippen LogP) is 1.06. The maximum absolute atomic E-state index is 11.0. The summed E-state index contributed by atoms with van der Waals surface area (Å²) in [7, 11) is -0.105. The topological polar surface area (TPSA) is 64.6 Å². The molecule has 6 heteroatoms. The Morgan fingerprint density at radius 1 is 1.18 bits per heavy atom. The van der Waals surface area contributed by atoms with Crippen molar-refractivity contribution in [2.24, 2.45) is 0 Å². The Bertz CT molecular complexity index is 496. The van der Waals surface area contributed by atoms with E-state index in [-0.39, 0.29) is 6.54 Å². The van der Waals surface area contributed by atoms with Crippen LogP contribution in [0.1, 0.15) is 11.1 Å². The predicted molar refractivity (Wildman–Crippen MR) is 66.0 cm³/mol. The molecule has 0 spiro atoms. The lowest BCUT2D eigenvalue weighted by atomic mass is 10.1. The molecule has 1 aromatic carbocycles. The maximum atomic E-state index is 11.0. The van der Waals surface area contributed by atoms with Crippen molar-refractivity contribution in [3.8, 4) is 11.5 Å². The van der Waals surface area contributed by atoms with E-state index in [0.29, 0.717) is 11.5 Å². The van der Waals surface area contributed by atoms with Crippen molar-refractivity contribution in [1.29, 1.82) is 0 Å². The molecule has 96 valence electrons. The van der Waals surface area contributed by atoms with Crippen molar-refractivity contribution in [2.45, 2.75) is 13.5 Å². The van der Waals surface area contributed by atoms with Gasteiger partial charge in [0.25, 0.3) is 0 Å². The Morgan fingerprint density at radius 2 is 1.76 bits per heavy atom. The Morgan fingerprint density at radius 3 is 2.24 bits per heavy atom. The number of hydrogen-bond donors (Lipinski definition) is 1. The van der Waals surface area contributed by atoms with Crippen molar-refractivity contribution < 1.29 is 17.9 Å². The Kier molecular flexibility index (Phi) is 4.36. The zero-order chi connectivity index (χ0) is 13.1. The highest BCUT2D eigenvalue weighted by atomic mass is 32.2. The third-order valence-electron chi connectivity index (χ3n) is 2.32. The molecule has 1 rings (SSSR count). The van der Waals surface area contributed by atoms with Crippen LogP contribution < -0.4 is 14.2 Å². The van der Waals surface area contributed by atoms with Crippen molar-refractivity contribution in [3.05, 3.63) is 23.3 Å². The van der Waals surface area contributed by atoms with Gasteiger partial charge in [0.15, 0.2) is 0 Å². The van der Waals surface area contributed by atoms with Gasteiger partial charge in [-0.2, -0.15) is 0 Å². The van der Waals surface area contributed by atoms with Gasteiger partial charge in [-0.05, 0) is 24.6 Å². The molecule has 0 aliphatic heterocycles. The SMILES string of the molecule is COc1cc(CNS(C)(=O)=O)c(OC)cc1C. The summed E-state index contributed by atoms with van der Waals surface area (Å²) in [4.78, 5) is 0. The average molecular weight is 259 g/mol. The van der Waals surface area contributed by atoms with E-state index in [1.54, 1.807) is 20.3 Å². The molecule has 0 fully saturated rings. The number of sulfonamides is 1. The Balaban J connectivity index is 3.04. The van der Waals surface area contributed by atoms with Crippen LogP contribution in [0.5, 0.6) is 11.5 Å². The summed E-state index contributed by atoms with van der Waals surface area (Å²) in [6.45, 7) is 2.08. The van der Waals surface area contributed by atoms with Crippen molar-refractivity contribution in [1.82, 2.24) is 4.72 Å². The fourth-order valence-electron chi connectivity index (χ4n) is 1.46. The highest BCUT2D eigenvalue weighted by Gasteiger charge is 2.10. The van der Waals surface area contributed by atoms with Crippen molar-refractivity contribution >= 4 is 10.0 Å². The minimum Gasteiger partial charge on any atom is -0.496 e. The molecule has 0 atom stereocenters. The summed E-state index contributed by atoms with van der Waals surface area (Å²) in [6.07, 6.45) is 1.12. The van der Waals surface area contributed by atoms with E-state index in [1.807, 2.05) is 13.0 Å². The fourth-order valence-corrected chi connectivity index (χ4v) is 1.88. The van der Waals surface area contributed by atoms with Crippen LogP contribution in [0.2, 0.25) is 0 Å². The molecule has 1 aromatic rings. The molecule has 0 aromatic heterocycles. The molecule has 0 unspecified atom stereocenters. The van der Waals surface area contributed by atoms with Gasteiger partial charge in [-0.25, -0.2) is 13.1 Å². The zero-order valence-corrected chi connectivity index (χ0v) is 11.2. The van der Waals surface area contributed by atoms with Crippen LogP contribution >= 0.6 is 0 Å². The van der Waals surface area contributed by atoms with E-state index in [0.717, 1.165) is 17.4 Å². The van der Waals surface area contributed by atoms with Gasteiger partial charge < -0.3 is 9.47 Å². The van der Waals surface area contributed by atoms with Gasteiger partial charge in [0.05, 0.1) is 20.5 Å². The van der Waals surface area contributed by atoms with Crippen LogP contribution in [-0.2, 0) is 16.6 Å². The summed E-state index contributed by atoms with van der Waals surface area (Å²) in [5, 5.41) is 0. The molecule has 0 heterocycles. The van der Waals surface area contributed by atoms with Gasteiger partial charge in [-0.3, -0.25) is 0 Å². The van der Waals surface area contributed by atoms with Gasteiger partial charge in [0.1, 0.15) is 11.5 Å². The van der Waals surface area contributed by atoms with Gasteiger partial charge in [-0.15, -0.1) is 0 Å². The van der Waals surface area contributed by atoms with Gasteiger partial charge in [-0.1, -0.05) is 0 Å². The number of aryl methyl sites for hydroxylation is 1. The summed E-state index contributed by atoms with van der Waals surface area (Å²) in [6, 6.07) is 3.59. The lowest BCUT2D eigenvalue weighted by molar-refractivity contribution is 0.396. The standard InChI is InChI=1S/C11H17NO4S/c1-8-5-11(16-3)9(6-10(8)15-2)7-12-17(4,13)14/h5-6,12H,7H2,1-4H3. The van der Waals surface area contributed by atoms with Crippen LogP contribution in [0, 0.1) is 6.92 Å². The minimum absolute atomic E-state index is 0.179. The summed E-state index contributed by atoms with van der Waals surface area (Å²) in [5.41, 5.74) is 1.67. The molecule has 5 nitrogen and oxygen atoms in total. The highest BCUT2D eigenvalue weighted by Crippen LogP contribution is 2.28. The van der Waals surface area contributed by atoms with E-state index in [2.05, 4.69) is 4.72 Å². The largest absolute Gasteiger partial charge is 0.496 e. The van der Waals surface area contributed by atoms with E-state index >= 15 is 0 Å². The number of benzene rings is 1. The van der Waals surface area contributed by atoms with E-state index in [4.69, 9.17) is 9.47 Å². The number of rotatable bonds is 5. The van der Waals surface area contributed by atoms with Crippen molar-refractivity contribution in [2.75, 3.05) is 20.5 Å². The quantitative estimate of drug-likeness (QED) is 0.858.